The Morgan fingerprint density at radius 3 is 3.12 bits per heavy atom. The first-order chi connectivity index (χ1) is 7.65. The highest BCUT2D eigenvalue weighted by atomic mass is 32.1. The highest BCUT2D eigenvalue weighted by Gasteiger charge is 2.38. The van der Waals surface area contributed by atoms with Crippen molar-refractivity contribution in [2.75, 3.05) is 13.2 Å². The number of carbonyl (C=O) groups excluding carboxylic acids is 1. The third-order valence-electron chi connectivity index (χ3n) is 3.33. The molecule has 1 aliphatic heterocycles. The first-order valence-electron chi connectivity index (χ1n) is 5.58. The molecular formula is C12H17NO2S. The molecule has 0 aromatic carbocycles. The van der Waals surface area contributed by atoms with Gasteiger partial charge in [-0.15, -0.1) is 0 Å². The van der Waals surface area contributed by atoms with Crippen LogP contribution in [-0.4, -0.2) is 34.6 Å². The molecule has 1 N–H and O–H groups in total. The Bertz CT molecular complexity index is 363. The second-order valence-corrected chi connectivity index (χ2v) is 5.39. The molecule has 3 nitrogen and oxygen atoms in total. The quantitative estimate of drug-likeness (QED) is 0.871. The summed E-state index contributed by atoms with van der Waals surface area (Å²) in [6.45, 7) is 2.80. The van der Waals surface area contributed by atoms with Gasteiger partial charge in [0.2, 0.25) is 5.91 Å². The van der Waals surface area contributed by atoms with Crippen LogP contribution in [0.25, 0.3) is 0 Å². The molecule has 1 aliphatic rings. The lowest BCUT2D eigenvalue weighted by Crippen LogP contribution is -2.48. The van der Waals surface area contributed by atoms with E-state index in [1.54, 1.807) is 11.3 Å². The van der Waals surface area contributed by atoms with Gasteiger partial charge in [-0.3, -0.25) is 4.79 Å². The summed E-state index contributed by atoms with van der Waals surface area (Å²) in [5.74, 6) is 0.132. The Balaban J connectivity index is 2.04. The first-order valence-corrected chi connectivity index (χ1v) is 6.52. The second-order valence-electron chi connectivity index (χ2n) is 4.61. The molecule has 16 heavy (non-hydrogen) atoms. The number of nitrogens with zero attached hydrogens (tertiary/aromatic N) is 1. The Kier molecular flexibility index (Phi) is 3.30. The van der Waals surface area contributed by atoms with Crippen LogP contribution in [0.5, 0.6) is 0 Å². The van der Waals surface area contributed by atoms with E-state index >= 15 is 0 Å². The summed E-state index contributed by atoms with van der Waals surface area (Å²) in [4.78, 5) is 13.9. The summed E-state index contributed by atoms with van der Waals surface area (Å²) in [7, 11) is 0. The van der Waals surface area contributed by atoms with E-state index in [9.17, 15) is 9.90 Å². The fraction of sp³-hybridized carbons (Fsp3) is 0.583. The lowest BCUT2D eigenvalue weighted by molar-refractivity contribution is -0.135. The van der Waals surface area contributed by atoms with E-state index in [0.29, 0.717) is 6.42 Å². The van der Waals surface area contributed by atoms with Crippen LogP contribution in [0, 0.1) is 0 Å². The van der Waals surface area contributed by atoms with E-state index in [0.717, 1.165) is 24.9 Å². The molecule has 1 aromatic rings. The van der Waals surface area contributed by atoms with Gasteiger partial charge in [0.15, 0.2) is 0 Å². The van der Waals surface area contributed by atoms with Gasteiger partial charge in [-0.05, 0) is 42.2 Å². The molecule has 88 valence electrons. The number of hydrogen-bond acceptors (Lipinski definition) is 3. The lowest BCUT2D eigenvalue weighted by Gasteiger charge is -2.33. The number of rotatable bonds is 3. The van der Waals surface area contributed by atoms with Crippen LogP contribution in [0.15, 0.2) is 16.8 Å². The van der Waals surface area contributed by atoms with Gasteiger partial charge in [-0.1, -0.05) is 0 Å². The maximum Gasteiger partial charge on any atom is 0.227 e. The Morgan fingerprint density at radius 1 is 1.69 bits per heavy atom. The molecule has 1 saturated heterocycles. The summed E-state index contributed by atoms with van der Waals surface area (Å²) < 4.78 is 0. The van der Waals surface area contributed by atoms with Crippen molar-refractivity contribution in [1.82, 2.24) is 4.90 Å². The highest BCUT2D eigenvalue weighted by Crippen LogP contribution is 2.29. The number of aliphatic hydroxyl groups excluding tert-OH is 1. The van der Waals surface area contributed by atoms with E-state index in [4.69, 9.17) is 0 Å². The van der Waals surface area contributed by atoms with Gasteiger partial charge < -0.3 is 10.0 Å². The predicted molar refractivity (Wildman–Crippen MR) is 64.5 cm³/mol. The van der Waals surface area contributed by atoms with Gasteiger partial charge in [0.1, 0.15) is 0 Å². The summed E-state index contributed by atoms with van der Waals surface area (Å²) in [6, 6.07) is 1.98. The van der Waals surface area contributed by atoms with Crippen molar-refractivity contribution in [2.24, 2.45) is 0 Å². The fourth-order valence-electron chi connectivity index (χ4n) is 2.28. The smallest absolute Gasteiger partial charge is 0.227 e. The average Bonchev–Trinajstić information content (AvgIpc) is 2.88. The van der Waals surface area contributed by atoms with Gasteiger partial charge in [0.25, 0.3) is 0 Å². The molecule has 2 rings (SSSR count). The summed E-state index contributed by atoms with van der Waals surface area (Å²) in [5, 5.41) is 13.4. The van der Waals surface area contributed by atoms with Crippen LogP contribution in [0.4, 0.5) is 0 Å². The van der Waals surface area contributed by atoms with Gasteiger partial charge in [-0.2, -0.15) is 11.3 Å². The molecule has 1 atom stereocenters. The van der Waals surface area contributed by atoms with Crippen LogP contribution < -0.4 is 0 Å². The summed E-state index contributed by atoms with van der Waals surface area (Å²) in [6.07, 6.45) is 2.35. The maximum absolute atomic E-state index is 12.1. The SMILES string of the molecule is C[C@@]1(CO)CCCN1C(=O)Cc1ccsc1. The topological polar surface area (TPSA) is 40.5 Å². The first kappa shape index (κ1) is 11.6. The van der Waals surface area contributed by atoms with Crippen molar-refractivity contribution >= 4 is 17.2 Å². The lowest BCUT2D eigenvalue weighted by atomic mass is 10.00. The van der Waals surface area contributed by atoms with Crippen molar-refractivity contribution in [3.05, 3.63) is 22.4 Å². The number of hydrogen-bond donors (Lipinski definition) is 1. The maximum atomic E-state index is 12.1. The monoisotopic (exact) mass is 239 g/mol. The van der Waals surface area contributed by atoms with Gasteiger partial charge in [0, 0.05) is 6.54 Å². The third kappa shape index (κ3) is 2.13. The van der Waals surface area contributed by atoms with Gasteiger partial charge in [0.05, 0.1) is 18.6 Å². The zero-order valence-corrected chi connectivity index (χ0v) is 10.3. The molecule has 2 heterocycles. The minimum atomic E-state index is -0.340. The molecule has 0 aliphatic carbocycles. The Hall–Kier alpha value is -0.870. The standard InChI is InChI=1S/C12H17NO2S/c1-12(9-14)4-2-5-13(12)11(15)7-10-3-6-16-8-10/h3,6,8,14H,2,4-5,7,9H2,1H3/t12-/m0/s1. The van der Waals surface area contributed by atoms with Crippen LogP contribution in [0.3, 0.4) is 0 Å². The molecule has 4 heteroatoms. The van der Waals surface area contributed by atoms with Crippen LogP contribution in [0.2, 0.25) is 0 Å². The van der Waals surface area contributed by atoms with Gasteiger partial charge >= 0.3 is 0 Å². The van der Waals surface area contributed by atoms with Crippen molar-refractivity contribution in [3.8, 4) is 0 Å². The number of thiophene rings is 1. The molecule has 0 spiro atoms. The van der Waals surface area contributed by atoms with Crippen LogP contribution in [-0.2, 0) is 11.2 Å². The predicted octanol–water partition coefficient (Wildman–Crippen LogP) is 1.66. The highest BCUT2D eigenvalue weighted by molar-refractivity contribution is 7.07. The van der Waals surface area contributed by atoms with E-state index in [1.165, 1.54) is 0 Å². The molecule has 0 bridgehead atoms. The van der Waals surface area contributed by atoms with Crippen LogP contribution >= 0.6 is 11.3 Å². The minimum Gasteiger partial charge on any atom is -0.394 e. The van der Waals surface area contributed by atoms with E-state index in [2.05, 4.69) is 0 Å². The Morgan fingerprint density at radius 2 is 2.50 bits per heavy atom. The third-order valence-corrected chi connectivity index (χ3v) is 4.06. The zero-order chi connectivity index (χ0) is 11.6. The molecule has 1 fully saturated rings. The molecule has 1 aromatic heterocycles. The fourth-order valence-corrected chi connectivity index (χ4v) is 2.94. The number of aliphatic hydroxyl groups is 1. The summed E-state index contributed by atoms with van der Waals surface area (Å²) in [5.41, 5.74) is 0.731. The number of likely N-dealkylation sites (tertiary alicyclic amines) is 1. The van der Waals surface area contributed by atoms with Crippen molar-refractivity contribution < 1.29 is 9.90 Å². The minimum absolute atomic E-state index is 0.0579. The largest absolute Gasteiger partial charge is 0.394 e. The van der Waals surface area contributed by atoms with Crippen LogP contribution in [0.1, 0.15) is 25.3 Å². The average molecular weight is 239 g/mol. The van der Waals surface area contributed by atoms with E-state index in [-0.39, 0.29) is 18.1 Å². The normalized spacial score (nSPS) is 25.0. The van der Waals surface area contributed by atoms with E-state index < -0.39 is 0 Å². The van der Waals surface area contributed by atoms with Gasteiger partial charge in [-0.25, -0.2) is 0 Å². The second kappa shape index (κ2) is 4.55. The summed E-state index contributed by atoms with van der Waals surface area (Å²) >= 11 is 1.61. The zero-order valence-electron chi connectivity index (χ0n) is 9.48. The molecule has 1 amide bonds. The van der Waals surface area contributed by atoms with E-state index in [1.807, 2.05) is 28.7 Å². The van der Waals surface area contributed by atoms with Crippen molar-refractivity contribution in [2.45, 2.75) is 31.7 Å². The molecule has 0 unspecified atom stereocenters. The molecular weight excluding hydrogens is 222 g/mol. The number of amides is 1. The van der Waals surface area contributed by atoms with Crippen molar-refractivity contribution in [3.63, 3.8) is 0 Å². The number of carbonyl (C=O) groups is 1. The Labute approximate surface area is 99.7 Å². The molecule has 0 saturated carbocycles. The van der Waals surface area contributed by atoms with Crippen molar-refractivity contribution in [1.29, 1.82) is 0 Å². The molecule has 0 radical (unpaired) electrons.